The van der Waals surface area contributed by atoms with Crippen LogP contribution in [0.15, 0.2) is 11.1 Å². The smallest absolute Gasteiger partial charge is 0.252 e. The van der Waals surface area contributed by atoms with Crippen molar-refractivity contribution in [2.24, 2.45) is 0 Å². The van der Waals surface area contributed by atoms with E-state index in [9.17, 15) is 12.3 Å². The normalized spacial score (nSPS) is 11.9. The molecule has 0 spiro atoms. The summed E-state index contributed by atoms with van der Waals surface area (Å²) >= 11 is 0. The third-order valence-corrected chi connectivity index (χ3v) is 2.38. The maximum atomic E-state index is 12.6. The van der Waals surface area contributed by atoms with E-state index in [4.69, 9.17) is 0 Å². The van der Waals surface area contributed by atoms with Crippen LogP contribution in [0.1, 0.15) is 19.0 Å². The quantitative estimate of drug-likeness (QED) is 0.699. The minimum absolute atomic E-state index is 0.355. The Labute approximate surface area is 76.6 Å². The van der Waals surface area contributed by atoms with Crippen molar-refractivity contribution < 1.29 is 12.3 Å². The number of aryl methyl sites for hydroxylation is 2. The fourth-order valence-corrected chi connectivity index (χ4v) is 1.79. The molecule has 0 N–H and O–H groups in total. The molecular formula is C7H11FN2O2S. The molecule has 1 rings (SSSR count). The highest BCUT2D eigenvalue weighted by Gasteiger charge is 2.18. The van der Waals surface area contributed by atoms with Gasteiger partial charge in [-0.3, -0.25) is 4.68 Å². The number of hydrogen-bond donors (Lipinski definition) is 0. The van der Waals surface area contributed by atoms with Crippen LogP contribution in [-0.2, 0) is 16.8 Å². The lowest BCUT2D eigenvalue weighted by atomic mass is 10.5. The van der Waals surface area contributed by atoms with E-state index in [1.54, 1.807) is 6.92 Å². The van der Waals surface area contributed by atoms with Crippen molar-refractivity contribution in [3.05, 3.63) is 11.8 Å². The second kappa shape index (κ2) is 3.45. The summed E-state index contributed by atoms with van der Waals surface area (Å²) in [6.45, 7) is 3.90. The van der Waals surface area contributed by atoms with Crippen molar-refractivity contribution in [3.8, 4) is 0 Å². The highest BCUT2D eigenvalue weighted by atomic mass is 32.3. The van der Waals surface area contributed by atoms with Gasteiger partial charge < -0.3 is 0 Å². The van der Waals surface area contributed by atoms with Crippen LogP contribution in [0.25, 0.3) is 0 Å². The number of hydrogen-bond acceptors (Lipinski definition) is 3. The highest BCUT2D eigenvalue weighted by Crippen LogP contribution is 2.13. The second-order valence-corrected chi connectivity index (χ2v) is 4.08. The molecule has 4 nitrogen and oxygen atoms in total. The van der Waals surface area contributed by atoms with Crippen LogP contribution in [0.5, 0.6) is 0 Å². The summed E-state index contributed by atoms with van der Waals surface area (Å²) in [4.78, 5) is 0. The van der Waals surface area contributed by atoms with Crippen molar-refractivity contribution >= 4 is 10.2 Å². The summed E-state index contributed by atoms with van der Waals surface area (Å²) in [6.07, 6.45) is 0.712. The van der Waals surface area contributed by atoms with Gasteiger partial charge in [0.15, 0.2) is 5.03 Å². The predicted octanol–water partition coefficient (Wildman–Crippen LogP) is 1.26. The molecule has 0 radical (unpaired) electrons. The van der Waals surface area contributed by atoms with E-state index < -0.39 is 10.2 Å². The molecule has 0 saturated heterocycles. The molecule has 6 heteroatoms. The van der Waals surface area contributed by atoms with E-state index >= 15 is 0 Å². The standard InChI is InChI=1S/C7H11FN2O2S/c1-3-4-10-7(13(8,11)12)5-6(2)9-10/h5H,3-4H2,1-2H3. The van der Waals surface area contributed by atoms with Crippen LogP contribution in [-0.4, -0.2) is 18.2 Å². The number of halogens is 1. The summed E-state index contributed by atoms with van der Waals surface area (Å²) < 4.78 is 35.0. The molecular weight excluding hydrogens is 195 g/mol. The molecule has 0 bridgehead atoms. The van der Waals surface area contributed by atoms with E-state index in [1.165, 1.54) is 10.7 Å². The zero-order valence-corrected chi connectivity index (χ0v) is 8.31. The summed E-state index contributed by atoms with van der Waals surface area (Å²) in [6, 6.07) is 1.23. The maximum Gasteiger partial charge on any atom is 0.349 e. The van der Waals surface area contributed by atoms with Gasteiger partial charge in [-0.05, 0) is 13.3 Å². The van der Waals surface area contributed by atoms with Gasteiger partial charge in [-0.1, -0.05) is 10.8 Å². The zero-order chi connectivity index (χ0) is 10.1. The van der Waals surface area contributed by atoms with Crippen molar-refractivity contribution in [2.75, 3.05) is 0 Å². The molecule has 13 heavy (non-hydrogen) atoms. The number of rotatable bonds is 3. The van der Waals surface area contributed by atoms with E-state index in [-0.39, 0.29) is 5.03 Å². The first-order valence-electron chi connectivity index (χ1n) is 3.94. The molecule has 0 unspecified atom stereocenters. The Morgan fingerprint density at radius 1 is 1.62 bits per heavy atom. The minimum atomic E-state index is -4.63. The lowest BCUT2D eigenvalue weighted by molar-refractivity contribution is 0.505. The zero-order valence-electron chi connectivity index (χ0n) is 7.49. The average molecular weight is 206 g/mol. The van der Waals surface area contributed by atoms with Gasteiger partial charge in [0, 0.05) is 12.6 Å². The first-order valence-corrected chi connectivity index (χ1v) is 5.32. The van der Waals surface area contributed by atoms with Gasteiger partial charge in [-0.15, -0.1) is 0 Å². The number of nitrogens with zero attached hydrogens (tertiary/aromatic N) is 2. The Balaban J connectivity index is 3.20. The molecule has 1 aromatic rings. The van der Waals surface area contributed by atoms with Gasteiger partial charge in [-0.2, -0.15) is 13.5 Å². The molecule has 1 heterocycles. The largest absolute Gasteiger partial charge is 0.349 e. The van der Waals surface area contributed by atoms with Crippen molar-refractivity contribution in [1.82, 2.24) is 9.78 Å². The Morgan fingerprint density at radius 2 is 2.23 bits per heavy atom. The van der Waals surface area contributed by atoms with Crippen LogP contribution in [0.4, 0.5) is 3.89 Å². The molecule has 0 fully saturated rings. The molecule has 0 saturated carbocycles. The van der Waals surface area contributed by atoms with E-state index in [2.05, 4.69) is 5.10 Å². The summed E-state index contributed by atoms with van der Waals surface area (Å²) in [7, 11) is -4.63. The average Bonchev–Trinajstić information content (AvgIpc) is 2.30. The fourth-order valence-electron chi connectivity index (χ4n) is 1.09. The monoisotopic (exact) mass is 206 g/mol. The second-order valence-electron chi connectivity index (χ2n) is 2.78. The predicted molar refractivity (Wildman–Crippen MR) is 45.5 cm³/mol. The van der Waals surface area contributed by atoms with Crippen LogP contribution in [0.2, 0.25) is 0 Å². The van der Waals surface area contributed by atoms with Crippen molar-refractivity contribution in [1.29, 1.82) is 0 Å². The summed E-state index contributed by atoms with van der Waals surface area (Å²) in [5.41, 5.74) is 0.504. The van der Waals surface area contributed by atoms with Gasteiger partial charge >= 0.3 is 10.2 Å². The lowest BCUT2D eigenvalue weighted by Crippen LogP contribution is -2.06. The Hall–Kier alpha value is -0.910. The molecule has 0 aromatic carbocycles. The van der Waals surface area contributed by atoms with Crippen LogP contribution in [0.3, 0.4) is 0 Å². The third kappa shape index (κ3) is 2.27. The minimum Gasteiger partial charge on any atom is -0.252 e. The SMILES string of the molecule is CCCn1nc(C)cc1S(=O)(=O)F. The van der Waals surface area contributed by atoms with Crippen molar-refractivity contribution in [2.45, 2.75) is 31.8 Å². The molecule has 0 amide bonds. The molecule has 0 aliphatic heterocycles. The van der Waals surface area contributed by atoms with E-state index in [1.807, 2.05) is 6.92 Å². The Bertz CT molecular complexity index is 397. The Kier molecular flexibility index (Phi) is 2.70. The van der Waals surface area contributed by atoms with Gasteiger partial charge in [0.25, 0.3) is 0 Å². The summed E-state index contributed by atoms with van der Waals surface area (Å²) in [5, 5.41) is 3.51. The third-order valence-electron chi connectivity index (χ3n) is 1.55. The number of aromatic nitrogens is 2. The first-order chi connectivity index (χ1) is 5.95. The van der Waals surface area contributed by atoms with Crippen LogP contribution >= 0.6 is 0 Å². The van der Waals surface area contributed by atoms with E-state index in [0.717, 1.165) is 0 Å². The van der Waals surface area contributed by atoms with E-state index in [0.29, 0.717) is 18.7 Å². The molecule has 0 atom stereocenters. The molecule has 74 valence electrons. The maximum absolute atomic E-state index is 12.6. The van der Waals surface area contributed by atoms with Gasteiger partial charge in [0.05, 0.1) is 5.69 Å². The van der Waals surface area contributed by atoms with Gasteiger partial charge in [-0.25, -0.2) is 0 Å². The first kappa shape index (κ1) is 10.2. The molecule has 0 aliphatic rings. The molecule has 0 aliphatic carbocycles. The van der Waals surface area contributed by atoms with Crippen molar-refractivity contribution in [3.63, 3.8) is 0 Å². The van der Waals surface area contributed by atoms with Crippen LogP contribution < -0.4 is 0 Å². The summed E-state index contributed by atoms with van der Waals surface area (Å²) in [5.74, 6) is 0. The van der Waals surface area contributed by atoms with Crippen LogP contribution in [0, 0.1) is 6.92 Å². The van der Waals surface area contributed by atoms with Gasteiger partial charge in [0.2, 0.25) is 0 Å². The highest BCUT2D eigenvalue weighted by molar-refractivity contribution is 7.86. The topological polar surface area (TPSA) is 52.0 Å². The van der Waals surface area contributed by atoms with Gasteiger partial charge in [0.1, 0.15) is 0 Å². The Morgan fingerprint density at radius 3 is 2.69 bits per heavy atom. The lowest BCUT2D eigenvalue weighted by Gasteiger charge is -2.00. The fraction of sp³-hybridized carbons (Fsp3) is 0.571. The molecule has 1 aromatic heterocycles.